The van der Waals surface area contributed by atoms with Gasteiger partial charge in [0, 0.05) is 16.6 Å². The Hall–Kier alpha value is -2.88. The van der Waals surface area contributed by atoms with Crippen LogP contribution in [0.25, 0.3) is 10.9 Å². The molecule has 0 amide bonds. The number of aryl methyl sites for hydroxylation is 2. The predicted octanol–water partition coefficient (Wildman–Crippen LogP) is 3.57. The van der Waals surface area contributed by atoms with Gasteiger partial charge in [0.25, 0.3) is 5.91 Å². The molecule has 0 saturated carbocycles. The number of aliphatic carboxylic acids is 1. The van der Waals surface area contributed by atoms with E-state index in [9.17, 15) is 9.59 Å². The Balaban J connectivity index is 2.14. The molecule has 0 unspecified atom stereocenters. The van der Waals surface area contributed by atoms with E-state index in [2.05, 4.69) is 0 Å². The normalized spacial score (nSPS) is 10.9. The molecule has 0 radical (unpaired) electrons. The van der Waals surface area contributed by atoms with Gasteiger partial charge in [-0.2, -0.15) is 0 Å². The zero-order valence-electron chi connectivity index (χ0n) is 13.0. The Morgan fingerprint density at radius 1 is 1.04 bits per heavy atom. The number of fused-ring (bicyclic) bond motifs is 1. The molecule has 116 valence electrons. The summed E-state index contributed by atoms with van der Waals surface area (Å²) in [5.74, 6) is -0.988. The van der Waals surface area contributed by atoms with Crippen LogP contribution >= 0.6 is 0 Å². The molecular formula is C19H17NO3. The van der Waals surface area contributed by atoms with Gasteiger partial charge in [0.2, 0.25) is 0 Å². The number of hydrogen-bond acceptors (Lipinski definition) is 2. The maximum atomic E-state index is 12.8. The van der Waals surface area contributed by atoms with Crippen LogP contribution < -0.4 is 0 Å². The van der Waals surface area contributed by atoms with Gasteiger partial charge in [-0.15, -0.1) is 0 Å². The van der Waals surface area contributed by atoms with Crippen molar-refractivity contribution < 1.29 is 14.7 Å². The number of carbonyl (C=O) groups is 2. The number of carboxylic acids is 1. The Bertz CT molecular complexity index is 904. The summed E-state index contributed by atoms with van der Waals surface area (Å²) in [6.45, 7) is 3.83. The van der Waals surface area contributed by atoms with E-state index in [0.717, 1.165) is 22.2 Å². The summed E-state index contributed by atoms with van der Waals surface area (Å²) in [6, 6.07) is 14.7. The lowest BCUT2D eigenvalue weighted by molar-refractivity contribution is -0.136. The molecule has 4 nitrogen and oxygen atoms in total. The lowest BCUT2D eigenvalue weighted by atomic mass is 10.1. The van der Waals surface area contributed by atoms with Gasteiger partial charge in [0.15, 0.2) is 0 Å². The van der Waals surface area contributed by atoms with Crippen molar-refractivity contribution in [3.8, 4) is 0 Å². The number of hydrogen-bond donors (Lipinski definition) is 1. The summed E-state index contributed by atoms with van der Waals surface area (Å²) >= 11 is 0. The molecule has 0 saturated heterocycles. The molecule has 23 heavy (non-hydrogen) atoms. The summed E-state index contributed by atoms with van der Waals surface area (Å²) < 4.78 is 1.64. The zero-order valence-corrected chi connectivity index (χ0v) is 13.0. The molecule has 0 spiro atoms. The molecular weight excluding hydrogens is 290 g/mol. The highest BCUT2D eigenvalue weighted by atomic mass is 16.4. The van der Waals surface area contributed by atoms with Crippen LogP contribution in [0.5, 0.6) is 0 Å². The molecule has 0 atom stereocenters. The van der Waals surface area contributed by atoms with Crippen molar-refractivity contribution in [3.63, 3.8) is 0 Å². The third kappa shape index (κ3) is 2.75. The minimum Gasteiger partial charge on any atom is -0.481 e. The zero-order chi connectivity index (χ0) is 16.6. The van der Waals surface area contributed by atoms with Gasteiger partial charge in [0.05, 0.1) is 11.9 Å². The number of nitrogens with zero attached hydrogens (tertiary/aromatic N) is 1. The van der Waals surface area contributed by atoms with E-state index >= 15 is 0 Å². The predicted molar refractivity (Wildman–Crippen MR) is 88.9 cm³/mol. The van der Waals surface area contributed by atoms with Crippen molar-refractivity contribution in [3.05, 3.63) is 70.9 Å². The number of rotatable bonds is 3. The molecule has 0 aliphatic carbocycles. The molecule has 1 aromatic heterocycles. The Morgan fingerprint density at radius 2 is 1.74 bits per heavy atom. The average molecular weight is 307 g/mol. The smallest absolute Gasteiger partial charge is 0.307 e. The molecule has 1 heterocycles. The highest BCUT2D eigenvalue weighted by Crippen LogP contribution is 2.25. The van der Waals surface area contributed by atoms with Crippen LogP contribution in [0.3, 0.4) is 0 Å². The van der Waals surface area contributed by atoms with Crippen molar-refractivity contribution in [1.29, 1.82) is 0 Å². The number of aromatic nitrogens is 1. The van der Waals surface area contributed by atoms with Crippen LogP contribution in [0, 0.1) is 13.8 Å². The fourth-order valence-corrected chi connectivity index (χ4v) is 2.84. The Labute approximate surface area is 134 Å². The maximum absolute atomic E-state index is 12.8. The topological polar surface area (TPSA) is 59.3 Å². The van der Waals surface area contributed by atoms with Crippen molar-refractivity contribution in [2.75, 3.05) is 0 Å². The minimum absolute atomic E-state index is 0.0560. The molecule has 0 aliphatic heterocycles. The van der Waals surface area contributed by atoms with E-state index in [-0.39, 0.29) is 12.3 Å². The van der Waals surface area contributed by atoms with Crippen LogP contribution in [-0.2, 0) is 11.2 Å². The fourth-order valence-electron chi connectivity index (χ4n) is 2.84. The first kappa shape index (κ1) is 15.0. The summed E-state index contributed by atoms with van der Waals surface area (Å²) in [6.07, 6.45) is -0.0560. The Kier molecular flexibility index (Phi) is 3.74. The lowest BCUT2D eigenvalue weighted by Crippen LogP contribution is -2.13. The monoisotopic (exact) mass is 307 g/mol. The molecule has 3 aromatic rings. The second-order valence-electron chi connectivity index (χ2n) is 5.71. The molecule has 2 aromatic carbocycles. The number of carbonyl (C=O) groups excluding carboxylic acids is 1. The standard InChI is InChI=1S/C19H17NO3/c1-12-6-8-14(9-7-12)19(23)20-13(2)10-16-15(11-18(21)22)4-3-5-17(16)20/h3-10H,11H2,1-2H3,(H,21,22). The molecule has 4 heteroatoms. The van der Waals surface area contributed by atoms with E-state index in [1.807, 2.05) is 50.2 Å². The third-order valence-electron chi connectivity index (χ3n) is 3.96. The largest absolute Gasteiger partial charge is 0.481 e. The average Bonchev–Trinajstić information content (AvgIpc) is 2.84. The van der Waals surface area contributed by atoms with Crippen molar-refractivity contribution in [1.82, 2.24) is 4.57 Å². The van der Waals surface area contributed by atoms with Crippen molar-refractivity contribution >= 4 is 22.8 Å². The second-order valence-corrected chi connectivity index (χ2v) is 5.71. The minimum atomic E-state index is -0.882. The summed E-state index contributed by atoms with van der Waals surface area (Å²) in [4.78, 5) is 23.9. The van der Waals surface area contributed by atoms with Gasteiger partial charge in [-0.25, -0.2) is 0 Å². The first-order valence-corrected chi connectivity index (χ1v) is 7.40. The summed E-state index contributed by atoms with van der Waals surface area (Å²) in [5, 5.41) is 9.85. The summed E-state index contributed by atoms with van der Waals surface area (Å²) in [5.41, 5.74) is 3.96. The van der Waals surface area contributed by atoms with Gasteiger partial charge in [-0.05, 0) is 43.7 Å². The van der Waals surface area contributed by atoms with E-state index in [0.29, 0.717) is 11.1 Å². The van der Waals surface area contributed by atoms with Crippen LogP contribution in [-0.4, -0.2) is 21.6 Å². The SMILES string of the molecule is Cc1ccc(C(=O)n2c(C)cc3c(CC(=O)O)cccc32)cc1. The fraction of sp³-hybridized carbons (Fsp3) is 0.158. The van der Waals surface area contributed by atoms with Gasteiger partial charge in [0.1, 0.15) is 0 Å². The van der Waals surface area contributed by atoms with Crippen LogP contribution in [0.1, 0.15) is 27.2 Å². The van der Waals surface area contributed by atoms with Gasteiger partial charge in [-0.1, -0.05) is 29.8 Å². The van der Waals surface area contributed by atoms with E-state index < -0.39 is 5.97 Å². The van der Waals surface area contributed by atoms with Crippen LogP contribution in [0.4, 0.5) is 0 Å². The van der Waals surface area contributed by atoms with Crippen LogP contribution in [0.15, 0.2) is 48.5 Å². The quantitative estimate of drug-likeness (QED) is 0.804. The maximum Gasteiger partial charge on any atom is 0.307 e. The molecule has 1 N–H and O–H groups in total. The van der Waals surface area contributed by atoms with Crippen molar-refractivity contribution in [2.24, 2.45) is 0 Å². The highest BCUT2D eigenvalue weighted by Gasteiger charge is 2.17. The van der Waals surface area contributed by atoms with Gasteiger partial charge in [-0.3, -0.25) is 14.2 Å². The first-order valence-electron chi connectivity index (χ1n) is 7.40. The molecule has 0 fully saturated rings. The summed E-state index contributed by atoms with van der Waals surface area (Å²) in [7, 11) is 0. The second kappa shape index (κ2) is 5.72. The lowest BCUT2D eigenvalue weighted by Gasteiger charge is -2.08. The Morgan fingerprint density at radius 3 is 2.39 bits per heavy atom. The van der Waals surface area contributed by atoms with E-state index in [1.165, 1.54) is 0 Å². The van der Waals surface area contributed by atoms with Crippen LogP contribution in [0.2, 0.25) is 0 Å². The number of benzene rings is 2. The molecule has 0 bridgehead atoms. The number of carboxylic acid groups (broad SMARTS) is 1. The third-order valence-corrected chi connectivity index (χ3v) is 3.96. The van der Waals surface area contributed by atoms with Gasteiger partial charge < -0.3 is 5.11 Å². The van der Waals surface area contributed by atoms with E-state index in [4.69, 9.17) is 5.11 Å². The molecule has 0 aliphatic rings. The highest BCUT2D eigenvalue weighted by molar-refractivity contribution is 6.03. The van der Waals surface area contributed by atoms with Crippen molar-refractivity contribution in [2.45, 2.75) is 20.3 Å². The molecule has 3 rings (SSSR count). The van der Waals surface area contributed by atoms with E-state index in [1.54, 1.807) is 16.7 Å². The van der Waals surface area contributed by atoms with Gasteiger partial charge >= 0.3 is 5.97 Å². The first-order chi connectivity index (χ1) is 11.0.